The van der Waals surface area contributed by atoms with Crippen molar-refractivity contribution in [2.45, 2.75) is 38.1 Å². The van der Waals surface area contributed by atoms with E-state index in [4.69, 9.17) is 9.15 Å². The highest BCUT2D eigenvalue weighted by atomic mass is 32.2. The molecule has 9 nitrogen and oxygen atoms in total. The number of nitro groups is 1. The molecule has 0 saturated carbocycles. The Hall–Kier alpha value is -3.92. The van der Waals surface area contributed by atoms with Crippen LogP contribution in [0.3, 0.4) is 0 Å². The first-order valence-electron chi connectivity index (χ1n) is 11.3. The standard InChI is InChI=1S/C25H23N5O4S/c1-3-4-13-35-25-27-24-22(28-29-25)18-7-5-6-8-19(18)26-23(34-24)21-12-11-20(33-21)17-10-9-16(30(31)32)14-15(17)2/h5-12,14,23,26H,3-4,13H2,1-2H3. The molecular formula is C25H23N5O4S. The van der Waals surface area contributed by atoms with Gasteiger partial charge in [0.25, 0.3) is 5.69 Å². The van der Waals surface area contributed by atoms with Gasteiger partial charge < -0.3 is 14.5 Å². The third-order valence-electron chi connectivity index (χ3n) is 5.63. The summed E-state index contributed by atoms with van der Waals surface area (Å²) in [6, 6.07) is 16.1. The molecule has 0 spiro atoms. The average molecular weight is 490 g/mol. The molecule has 4 aromatic rings. The van der Waals surface area contributed by atoms with Crippen molar-refractivity contribution in [2.75, 3.05) is 11.1 Å². The number of furan rings is 1. The molecule has 1 aliphatic heterocycles. The fourth-order valence-electron chi connectivity index (χ4n) is 3.82. The molecule has 35 heavy (non-hydrogen) atoms. The highest BCUT2D eigenvalue weighted by Crippen LogP contribution is 2.40. The van der Waals surface area contributed by atoms with Crippen LogP contribution in [0.5, 0.6) is 5.88 Å². The van der Waals surface area contributed by atoms with Gasteiger partial charge in [0.2, 0.25) is 17.3 Å². The van der Waals surface area contributed by atoms with E-state index >= 15 is 0 Å². The van der Waals surface area contributed by atoms with Crippen molar-refractivity contribution < 1.29 is 14.1 Å². The Bertz CT molecular complexity index is 1390. The van der Waals surface area contributed by atoms with E-state index in [0.29, 0.717) is 28.3 Å². The number of aryl methyl sites for hydroxylation is 1. The van der Waals surface area contributed by atoms with Crippen LogP contribution in [0, 0.1) is 17.0 Å². The highest BCUT2D eigenvalue weighted by Gasteiger charge is 2.28. The Morgan fingerprint density at radius 2 is 1.97 bits per heavy atom. The fraction of sp³-hybridized carbons (Fsp3) is 0.240. The molecule has 1 N–H and O–H groups in total. The molecule has 0 fully saturated rings. The van der Waals surface area contributed by atoms with E-state index in [1.807, 2.05) is 43.3 Å². The van der Waals surface area contributed by atoms with Crippen LogP contribution in [0.25, 0.3) is 22.6 Å². The second-order valence-corrected chi connectivity index (χ2v) is 9.16. The minimum Gasteiger partial charge on any atom is -0.455 e. The number of benzene rings is 2. The molecule has 0 saturated heterocycles. The number of hydrogen-bond donors (Lipinski definition) is 1. The molecule has 178 valence electrons. The van der Waals surface area contributed by atoms with E-state index < -0.39 is 11.2 Å². The van der Waals surface area contributed by atoms with Gasteiger partial charge in [-0.2, -0.15) is 4.98 Å². The largest absolute Gasteiger partial charge is 0.455 e. The van der Waals surface area contributed by atoms with Gasteiger partial charge in [-0.05, 0) is 43.2 Å². The summed E-state index contributed by atoms with van der Waals surface area (Å²) in [5.74, 6) is 2.42. The van der Waals surface area contributed by atoms with Crippen LogP contribution < -0.4 is 10.1 Å². The molecular weight excluding hydrogens is 466 g/mol. The Balaban J connectivity index is 1.49. The van der Waals surface area contributed by atoms with Crippen molar-refractivity contribution in [1.82, 2.24) is 15.2 Å². The van der Waals surface area contributed by atoms with E-state index in [-0.39, 0.29) is 5.69 Å². The lowest BCUT2D eigenvalue weighted by Crippen LogP contribution is -2.16. The first kappa shape index (κ1) is 22.9. The van der Waals surface area contributed by atoms with Gasteiger partial charge >= 0.3 is 0 Å². The number of fused-ring (bicyclic) bond motifs is 3. The van der Waals surface area contributed by atoms with Crippen LogP contribution in [0.2, 0.25) is 0 Å². The molecule has 0 radical (unpaired) electrons. The number of aromatic nitrogens is 3. The number of ether oxygens (including phenoxy) is 1. The number of para-hydroxylation sites is 1. The summed E-state index contributed by atoms with van der Waals surface area (Å²) in [6.07, 6.45) is 1.50. The van der Waals surface area contributed by atoms with Gasteiger partial charge in [-0.25, -0.2) is 0 Å². The molecule has 10 heteroatoms. The summed E-state index contributed by atoms with van der Waals surface area (Å²) in [4.78, 5) is 15.3. The van der Waals surface area contributed by atoms with E-state index in [1.54, 1.807) is 17.8 Å². The maximum Gasteiger partial charge on any atom is 0.269 e. The maximum atomic E-state index is 11.1. The Morgan fingerprint density at radius 1 is 1.11 bits per heavy atom. The van der Waals surface area contributed by atoms with Gasteiger partial charge in [0.1, 0.15) is 5.76 Å². The second kappa shape index (κ2) is 9.75. The number of nitrogens with zero attached hydrogens (tertiary/aromatic N) is 4. The summed E-state index contributed by atoms with van der Waals surface area (Å²) in [5.41, 5.74) is 3.79. The molecule has 0 aliphatic carbocycles. The highest BCUT2D eigenvalue weighted by molar-refractivity contribution is 7.99. The van der Waals surface area contributed by atoms with E-state index in [2.05, 4.69) is 27.4 Å². The first-order valence-corrected chi connectivity index (χ1v) is 12.3. The van der Waals surface area contributed by atoms with Crippen LogP contribution >= 0.6 is 11.8 Å². The number of nitro benzene ring substituents is 1. The van der Waals surface area contributed by atoms with E-state index in [9.17, 15) is 10.1 Å². The van der Waals surface area contributed by atoms with Crippen LogP contribution in [-0.2, 0) is 0 Å². The van der Waals surface area contributed by atoms with Crippen LogP contribution in [-0.4, -0.2) is 25.9 Å². The SMILES string of the molecule is CCCCSc1nnc2c(n1)OC(c1ccc(-c3ccc([N+](=O)[O-])cc3C)o1)Nc1ccccc1-2. The van der Waals surface area contributed by atoms with Crippen molar-refractivity contribution >= 4 is 23.1 Å². The lowest BCUT2D eigenvalue weighted by molar-refractivity contribution is -0.384. The smallest absolute Gasteiger partial charge is 0.269 e. The zero-order valence-electron chi connectivity index (χ0n) is 19.2. The van der Waals surface area contributed by atoms with Gasteiger partial charge in [0.05, 0.1) is 4.92 Å². The molecule has 0 bridgehead atoms. The van der Waals surface area contributed by atoms with Crippen molar-refractivity contribution in [3.63, 3.8) is 0 Å². The number of nitrogens with one attached hydrogen (secondary N) is 1. The van der Waals surface area contributed by atoms with Gasteiger partial charge in [-0.15, -0.1) is 10.2 Å². The van der Waals surface area contributed by atoms with Crippen LogP contribution in [0.4, 0.5) is 11.4 Å². The zero-order valence-corrected chi connectivity index (χ0v) is 20.0. The lowest BCUT2D eigenvalue weighted by Gasteiger charge is -2.16. The summed E-state index contributed by atoms with van der Waals surface area (Å²) < 4.78 is 12.4. The average Bonchev–Trinajstić information content (AvgIpc) is 3.28. The summed E-state index contributed by atoms with van der Waals surface area (Å²) in [7, 11) is 0. The van der Waals surface area contributed by atoms with Gasteiger partial charge in [-0.3, -0.25) is 10.1 Å². The van der Waals surface area contributed by atoms with Crippen LogP contribution in [0.1, 0.15) is 37.3 Å². The van der Waals surface area contributed by atoms with Gasteiger partial charge in [0.15, 0.2) is 11.5 Å². The van der Waals surface area contributed by atoms with Crippen molar-refractivity contribution in [1.29, 1.82) is 0 Å². The maximum absolute atomic E-state index is 11.1. The first-order chi connectivity index (χ1) is 17.0. The topological polar surface area (TPSA) is 116 Å². The third-order valence-corrected chi connectivity index (χ3v) is 6.56. The number of non-ortho nitro benzene ring substituents is 1. The van der Waals surface area contributed by atoms with E-state index in [1.165, 1.54) is 12.1 Å². The minimum absolute atomic E-state index is 0.0415. The minimum atomic E-state index is -0.658. The third kappa shape index (κ3) is 4.69. The van der Waals surface area contributed by atoms with Crippen LogP contribution in [0.15, 0.2) is 64.2 Å². The molecule has 2 aromatic heterocycles. The second-order valence-electron chi connectivity index (χ2n) is 8.10. The predicted octanol–water partition coefficient (Wildman–Crippen LogP) is 6.41. The number of thioether (sulfide) groups is 1. The number of unbranched alkanes of at least 4 members (excludes halogenated alkanes) is 1. The molecule has 3 heterocycles. The summed E-state index contributed by atoms with van der Waals surface area (Å²) in [6.45, 7) is 3.96. The normalized spacial score (nSPS) is 14.3. The Kier molecular flexibility index (Phi) is 6.37. The van der Waals surface area contributed by atoms with Crippen molar-refractivity contribution in [3.05, 3.63) is 76.0 Å². The van der Waals surface area contributed by atoms with Gasteiger partial charge in [-0.1, -0.05) is 43.3 Å². The van der Waals surface area contributed by atoms with Crippen molar-refractivity contribution in [2.24, 2.45) is 0 Å². The molecule has 1 unspecified atom stereocenters. The fourth-order valence-corrected chi connectivity index (χ4v) is 4.68. The molecule has 1 atom stereocenters. The molecule has 5 rings (SSSR count). The lowest BCUT2D eigenvalue weighted by atomic mass is 10.1. The summed E-state index contributed by atoms with van der Waals surface area (Å²) in [5, 5.41) is 23.8. The number of rotatable bonds is 7. The Morgan fingerprint density at radius 3 is 2.77 bits per heavy atom. The Labute approximate surface area is 206 Å². The molecule has 1 aliphatic rings. The van der Waals surface area contributed by atoms with Crippen molar-refractivity contribution in [3.8, 4) is 28.5 Å². The summed E-state index contributed by atoms with van der Waals surface area (Å²) >= 11 is 1.55. The number of anilines is 1. The van der Waals surface area contributed by atoms with Gasteiger partial charge in [0, 0.05) is 34.7 Å². The number of hydrogen-bond acceptors (Lipinski definition) is 9. The molecule has 2 aromatic carbocycles. The quantitative estimate of drug-likeness (QED) is 0.136. The van der Waals surface area contributed by atoms with E-state index in [0.717, 1.165) is 41.0 Å². The predicted molar refractivity (Wildman–Crippen MR) is 133 cm³/mol. The molecule has 0 amide bonds. The zero-order chi connectivity index (χ0) is 24.4. The monoisotopic (exact) mass is 489 g/mol.